The molecule has 1 unspecified atom stereocenters. The molecule has 2 spiro atoms. The first-order valence-corrected chi connectivity index (χ1v) is 22.8. The molecular weight excluding hydrogens is 773 g/mol. The van der Waals surface area contributed by atoms with Crippen molar-refractivity contribution in [2.75, 3.05) is 13.1 Å². The monoisotopic (exact) mass is 830 g/mol. The number of amides is 2. The van der Waals surface area contributed by atoms with Gasteiger partial charge in [0.2, 0.25) is 0 Å². The summed E-state index contributed by atoms with van der Waals surface area (Å²) in [6, 6.07) is 27.0. The Morgan fingerprint density at radius 3 is 1.58 bits per heavy atom. The molecule has 2 N–H and O–H groups in total. The van der Waals surface area contributed by atoms with Gasteiger partial charge in [-0.2, -0.15) is 0 Å². The molecule has 14 rings (SSSR count). The predicted molar refractivity (Wildman–Crippen MR) is 242 cm³/mol. The van der Waals surface area contributed by atoms with Gasteiger partial charge in [-0.15, -0.1) is 0 Å². The molecule has 10 nitrogen and oxygen atoms in total. The molecule has 0 radical (unpaired) electrons. The van der Waals surface area contributed by atoms with E-state index in [4.69, 9.17) is 19.4 Å². The Morgan fingerprint density at radius 1 is 0.581 bits per heavy atom. The molecule has 2 aliphatic heterocycles. The van der Waals surface area contributed by atoms with Crippen LogP contribution in [0.3, 0.4) is 0 Å². The van der Waals surface area contributed by atoms with Gasteiger partial charge >= 0.3 is 12.2 Å². The largest absolute Gasteiger partial charge is 0.444 e. The van der Waals surface area contributed by atoms with E-state index in [0.29, 0.717) is 0 Å². The standard InChI is InChI=1S/C52H58N6O4/c1-49(2,3)61-47(59)57-29-51(19-20-51)27-43(57)45-53-39-17-15-35(25-41(39)55-45)37-23-31-7-11-33(37)13-9-32-8-12-34(14-10-31)38(24-32)36-16-18-40-42(26-36)56-46(54-40)44-28-52(21-22-52)30-58(44)48(60)62-50(4,5)6/h7-8,11-12,15-18,23-26,43-44H,9-10,13-14,19-22,27-30H2,1-6H3,(H,53,55)(H,54,56)/t43-,44?/m0/s1. The van der Waals surface area contributed by atoms with Crippen LogP contribution in [0.4, 0.5) is 9.59 Å². The van der Waals surface area contributed by atoms with E-state index in [9.17, 15) is 9.59 Å². The van der Waals surface area contributed by atoms with Crippen molar-refractivity contribution in [3.8, 4) is 22.3 Å². The highest BCUT2D eigenvalue weighted by Crippen LogP contribution is 2.59. The van der Waals surface area contributed by atoms with E-state index in [2.05, 4.69) is 82.8 Å². The fraction of sp³-hybridized carbons (Fsp3) is 0.462. The highest BCUT2D eigenvalue weighted by atomic mass is 16.6. The fourth-order valence-electron chi connectivity index (χ4n) is 10.5. The van der Waals surface area contributed by atoms with Crippen molar-refractivity contribution in [2.24, 2.45) is 10.8 Å². The zero-order valence-electron chi connectivity index (χ0n) is 37.0. The summed E-state index contributed by atoms with van der Waals surface area (Å²) >= 11 is 0. The SMILES string of the molecule is CC(C)(C)OC(=O)N1CC2(CC2)CC1c1nc2ccc(-c3cc4ccc3CCc3ccc(c(-c5ccc6[nH]c([C@@H]7CC8(CC8)CN7C(=O)OC(C)(C)C)nc6c5)c3)CC4)cc2[nH]1. The summed E-state index contributed by atoms with van der Waals surface area (Å²) in [4.78, 5) is 48.1. The quantitative estimate of drug-likeness (QED) is 0.183. The number of aryl methyl sites for hydroxylation is 4. The molecule has 320 valence electrons. The van der Waals surface area contributed by atoms with Crippen molar-refractivity contribution in [2.45, 2.75) is 129 Å². The average molecular weight is 831 g/mol. The summed E-state index contributed by atoms with van der Waals surface area (Å²) in [5, 5.41) is 0. The smallest absolute Gasteiger partial charge is 0.410 e. The van der Waals surface area contributed by atoms with Gasteiger partial charge < -0.3 is 19.4 Å². The Labute approximate surface area is 363 Å². The van der Waals surface area contributed by atoms with Crippen molar-refractivity contribution in [1.29, 1.82) is 0 Å². The second-order valence-electron chi connectivity index (χ2n) is 21.3. The van der Waals surface area contributed by atoms with Gasteiger partial charge in [0.15, 0.2) is 0 Å². The lowest BCUT2D eigenvalue weighted by Gasteiger charge is -2.27. The molecule has 8 aliphatic rings. The Kier molecular flexibility index (Phi) is 8.81. The van der Waals surface area contributed by atoms with E-state index in [1.54, 1.807) is 0 Å². The van der Waals surface area contributed by atoms with Gasteiger partial charge in [-0.3, -0.25) is 9.80 Å². The topological polar surface area (TPSA) is 116 Å². The third kappa shape index (κ3) is 7.43. The first-order chi connectivity index (χ1) is 29.6. The summed E-state index contributed by atoms with van der Waals surface area (Å²) in [7, 11) is 0. The lowest BCUT2D eigenvalue weighted by Crippen LogP contribution is -2.37. The van der Waals surface area contributed by atoms with Crippen LogP contribution < -0.4 is 0 Å². The third-order valence-electron chi connectivity index (χ3n) is 14.2. The van der Waals surface area contributed by atoms with Crippen molar-refractivity contribution in [1.82, 2.24) is 29.7 Å². The number of aromatic nitrogens is 4. The van der Waals surface area contributed by atoms with E-state index in [1.165, 1.54) is 44.5 Å². The maximum absolute atomic E-state index is 13.4. The Balaban J connectivity index is 0.851. The highest BCUT2D eigenvalue weighted by Gasteiger charge is 2.56. The molecule has 62 heavy (non-hydrogen) atoms. The first-order valence-electron chi connectivity index (χ1n) is 22.8. The molecule has 4 heterocycles. The summed E-state index contributed by atoms with van der Waals surface area (Å²) in [5.41, 5.74) is 13.3. The van der Waals surface area contributed by atoms with Gasteiger partial charge in [0.05, 0.1) is 34.2 Å². The van der Waals surface area contributed by atoms with Crippen LogP contribution in [-0.2, 0) is 35.2 Å². The van der Waals surface area contributed by atoms with E-state index in [0.717, 1.165) is 111 Å². The predicted octanol–water partition coefficient (Wildman–Crippen LogP) is 11.6. The van der Waals surface area contributed by atoms with Crippen molar-refractivity contribution in [3.63, 3.8) is 0 Å². The Morgan fingerprint density at radius 2 is 1.06 bits per heavy atom. The van der Waals surface area contributed by atoms with Gasteiger partial charge in [-0.25, -0.2) is 19.6 Å². The average Bonchev–Trinajstić information content (AvgIpc) is 3.86. The van der Waals surface area contributed by atoms with E-state index in [1.807, 2.05) is 51.3 Å². The maximum atomic E-state index is 13.4. The minimum atomic E-state index is -0.550. The molecule has 2 saturated heterocycles. The Bertz CT molecular complexity index is 2590. The number of aromatic amines is 2. The number of H-pyrrole nitrogens is 2. The zero-order chi connectivity index (χ0) is 42.8. The van der Waals surface area contributed by atoms with Crippen molar-refractivity contribution < 1.29 is 19.1 Å². The number of hydrogen-bond donors (Lipinski definition) is 2. The lowest BCUT2D eigenvalue weighted by atomic mass is 9.87. The molecule has 4 aromatic carbocycles. The number of nitrogens with one attached hydrogen (secondary N) is 2. The molecule has 2 atom stereocenters. The van der Waals surface area contributed by atoms with Crippen LogP contribution in [-0.4, -0.2) is 66.2 Å². The van der Waals surface area contributed by atoms with Crippen LogP contribution in [0.5, 0.6) is 0 Å². The van der Waals surface area contributed by atoms with Gasteiger partial charge in [0, 0.05) is 13.1 Å². The van der Waals surface area contributed by atoms with Crippen LogP contribution in [0.25, 0.3) is 44.3 Å². The lowest BCUT2D eigenvalue weighted by molar-refractivity contribution is 0.0202. The van der Waals surface area contributed by atoms with Crippen LogP contribution in [0, 0.1) is 10.8 Å². The number of hydrogen-bond acceptors (Lipinski definition) is 6. The van der Waals surface area contributed by atoms with Crippen LogP contribution in [0.1, 0.15) is 126 Å². The van der Waals surface area contributed by atoms with Crippen molar-refractivity contribution >= 4 is 34.3 Å². The molecule has 2 saturated carbocycles. The van der Waals surface area contributed by atoms with Crippen molar-refractivity contribution in [3.05, 3.63) is 107 Å². The Hall–Kier alpha value is -5.64. The van der Waals surface area contributed by atoms with Crippen LogP contribution in [0.15, 0.2) is 72.8 Å². The molecular formula is C52H58N6O4. The molecule has 6 aliphatic carbocycles. The normalized spacial score (nSPS) is 21.3. The number of rotatable bonds is 4. The molecule has 2 aromatic heterocycles. The molecule has 2 amide bonds. The minimum absolute atomic E-state index is 0.119. The molecule has 4 fully saturated rings. The zero-order valence-corrected chi connectivity index (χ0v) is 37.0. The summed E-state index contributed by atoms with van der Waals surface area (Å²) in [6.07, 6.45) is 9.59. The number of carbonyl (C=O) groups is 2. The number of likely N-dealkylation sites (tertiary alicyclic amines) is 2. The number of ether oxygens (including phenoxy) is 2. The number of fused-ring (bicyclic) bond motifs is 2. The van der Waals surface area contributed by atoms with Gasteiger partial charge in [0.1, 0.15) is 22.9 Å². The van der Waals surface area contributed by atoms with E-state index in [-0.39, 0.29) is 35.1 Å². The fourth-order valence-corrected chi connectivity index (χ4v) is 10.5. The van der Waals surface area contributed by atoms with Crippen LogP contribution in [0.2, 0.25) is 0 Å². The number of carbonyl (C=O) groups excluding carboxylic acids is 2. The summed E-state index contributed by atoms with van der Waals surface area (Å²) < 4.78 is 11.7. The summed E-state index contributed by atoms with van der Waals surface area (Å²) in [5.74, 6) is 1.69. The maximum Gasteiger partial charge on any atom is 0.410 e. The number of benzene rings is 4. The molecule has 6 aromatic rings. The third-order valence-corrected chi connectivity index (χ3v) is 14.2. The van der Waals surface area contributed by atoms with Gasteiger partial charge in [0.25, 0.3) is 0 Å². The summed E-state index contributed by atoms with van der Waals surface area (Å²) in [6.45, 7) is 13.0. The first kappa shape index (κ1) is 39.2. The number of nitrogens with zero attached hydrogens (tertiary/aromatic N) is 4. The van der Waals surface area contributed by atoms with Gasteiger partial charge in [-0.1, -0.05) is 48.5 Å². The minimum Gasteiger partial charge on any atom is -0.444 e. The second kappa shape index (κ2) is 13.9. The highest BCUT2D eigenvalue weighted by molar-refractivity contribution is 5.85. The van der Waals surface area contributed by atoms with Crippen LogP contribution >= 0.6 is 0 Å². The van der Waals surface area contributed by atoms with Gasteiger partial charge in [-0.05, 0) is 185 Å². The molecule has 10 heteroatoms. The second-order valence-corrected chi connectivity index (χ2v) is 21.3. The van der Waals surface area contributed by atoms with E-state index < -0.39 is 11.2 Å². The number of imidazole rings is 2. The van der Waals surface area contributed by atoms with E-state index >= 15 is 0 Å². The molecule has 4 bridgehead atoms.